The molecule has 2 nitrogen and oxygen atoms in total. The van der Waals surface area contributed by atoms with E-state index in [-0.39, 0.29) is 11.3 Å². The van der Waals surface area contributed by atoms with E-state index in [9.17, 15) is 4.79 Å². The second-order valence-electron chi connectivity index (χ2n) is 4.86. The Morgan fingerprint density at radius 1 is 1.27 bits per heavy atom. The van der Waals surface area contributed by atoms with Crippen LogP contribution in [0.4, 0.5) is 0 Å². The maximum absolute atomic E-state index is 11.5. The first kappa shape index (κ1) is 11.8. The number of rotatable bonds is 1. The molecule has 0 saturated heterocycles. The molecule has 1 N–H and O–H groups in total. The van der Waals surface area contributed by atoms with Gasteiger partial charge in [0.25, 0.3) is 5.91 Å². The van der Waals surface area contributed by atoms with Gasteiger partial charge in [-0.25, -0.2) is 0 Å². The van der Waals surface area contributed by atoms with Gasteiger partial charge in [0.15, 0.2) is 0 Å². The first-order chi connectivity index (χ1) is 6.86. The quantitative estimate of drug-likeness (QED) is 0.750. The lowest BCUT2D eigenvalue weighted by Crippen LogP contribution is -2.20. The van der Waals surface area contributed by atoms with Crippen molar-refractivity contribution in [3.8, 4) is 0 Å². The van der Waals surface area contributed by atoms with Gasteiger partial charge in [-0.15, -0.1) is 0 Å². The fourth-order valence-electron chi connectivity index (χ4n) is 1.52. The van der Waals surface area contributed by atoms with Gasteiger partial charge >= 0.3 is 0 Å². The molecule has 0 heterocycles. The van der Waals surface area contributed by atoms with Gasteiger partial charge in [0.1, 0.15) is 0 Å². The minimum absolute atomic E-state index is 0.0204. The SMILES string of the molecule is CNC(=O)c1ccc(C(C)(C)C)cc1C. The molecule has 0 bridgehead atoms. The number of carbonyl (C=O) groups is 1. The van der Waals surface area contributed by atoms with E-state index in [0.29, 0.717) is 0 Å². The first-order valence-corrected chi connectivity index (χ1v) is 5.19. The van der Waals surface area contributed by atoms with Crippen LogP contribution in [0.1, 0.15) is 42.3 Å². The Balaban J connectivity index is 3.15. The number of nitrogens with one attached hydrogen (secondary N) is 1. The third-order valence-corrected chi connectivity index (χ3v) is 2.56. The van der Waals surface area contributed by atoms with E-state index in [1.165, 1.54) is 5.56 Å². The third kappa shape index (κ3) is 2.58. The number of aryl methyl sites for hydroxylation is 1. The molecule has 15 heavy (non-hydrogen) atoms. The number of hydrogen-bond acceptors (Lipinski definition) is 1. The molecule has 1 amide bonds. The highest BCUT2D eigenvalue weighted by molar-refractivity contribution is 5.95. The van der Waals surface area contributed by atoms with Crippen LogP contribution in [0.3, 0.4) is 0 Å². The highest BCUT2D eigenvalue weighted by atomic mass is 16.1. The predicted molar refractivity (Wildman–Crippen MR) is 63.3 cm³/mol. The molecular formula is C13H19NO. The van der Waals surface area contributed by atoms with Gasteiger partial charge in [-0.05, 0) is 29.5 Å². The zero-order valence-corrected chi connectivity index (χ0v) is 10.1. The van der Waals surface area contributed by atoms with E-state index < -0.39 is 0 Å². The number of benzene rings is 1. The molecular weight excluding hydrogens is 186 g/mol. The summed E-state index contributed by atoms with van der Waals surface area (Å²) in [6.45, 7) is 8.48. The molecule has 1 aromatic carbocycles. The summed E-state index contributed by atoms with van der Waals surface area (Å²) in [5.41, 5.74) is 3.17. The van der Waals surface area contributed by atoms with Crippen LogP contribution in [-0.2, 0) is 5.41 Å². The van der Waals surface area contributed by atoms with Crippen molar-refractivity contribution in [2.75, 3.05) is 7.05 Å². The monoisotopic (exact) mass is 205 g/mol. The van der Waals surface area contributed by atoms with Gasteiger partial charge in [-0.3, -0.25) is 4.79 Å². The summed E-state index contributed by atoms with van der Waals surface area (Å²) in [7, 11) is 1.65. The van der Waals surface area contributed by atoms with E-state index >= 15 is 0 Å². The largest absolute Gasteiger partial charge is 0.355 e. The second-order valence-corrected chi connectivity index (χ2v) is 4.86. The summed E-state index contributed by atoms with van der Waals surface area (Å²) >= 11 is 0. The molecule has 0 aromatic heterocycles. The van der Waals surface area contributed by atoms with E-state index in [2.05, 4.69) is 32.2 Å². The number of hydrogen-bond donors (Lipinski definition) is 1. The van der Waals surface area contributed by atoms with Crippen LogP contribution in [0, 0.1) is 6.92 Å². The number of amides is 1. The van der Waals surface area contributed by atoms with Gasteiger partial charge in [-0.2, -0.15) is 0 Å². The first-order valence-electron chi connectivity index (χ1n) is 5.19. The lowest BCUT2D eigenvalue weighted by atomic mass is 9.85. The van der Waals surface area contributed by atoms with Crippen LogP contribution in [0.2, 0.25) is 0 Å². The minimum Gasteiger partial charge on any atom is -0.355 e. The number of carbonyl (C=O) groups excluding carboxylic acids is 1. The van der Waals surface area contributed by atoms with Crippen molar-refractivity contribution >= 4 is 5.91 Å². The van der Waals surface area contributed by atoms with Crippen molar-refractivity contribution in [2.24, 2.45) is 0 Å². The van der Waals surface area contributed by atoms with Crippen LogP contribution in [0.5, 0.6) is 0 Å². The highest BCUT2D eigenvalue weighted by Crippen LogP contribution is 2.24. The van der Waals surface area contributed by atoms with Crippen molar-refractivity contribution in [2.45, 2.75) is 33.1 Å². The molecule has 0 saturated carbocycles. The van der Waals surface area contributed by atoms with Gasteiger partial charge in [0.05, 0.1) is 0 Å². The van der Waals surface area contributed by atoms with Gasteiger partial charge in [-0.1, -0.05) is 32.9 Å². The molecule has 0 aliphatic heterocycles. The molecule has 0 atom stereocenters. The normalized spacial score (nSPS) is 11.3. The Hall–Kier alpha value is -1.31. The zero-order chi connectivity index (χ0) is 11.6. The van der Waals surface area contributed by atoms with Crippen LogP contribution in [0.15, 0.2) is 18.2 Å². The predicted octanol–water partition coefficient (Wildman–Crippen LogP) is 2.65. The molecule has 0 spiro atoms. The van der Waals surface area contributed by atoms with Crippen molar-refractivity contribution in [3.05, 3.63) is 34.9 Å². The van der Waals surface area contributed by atoms with E-state index in [4.69, 9.17) is 0 Å². The van der Waals surface area contributed by atoms with Crippen molar-refractivity contribution < 1.29 is 4.79 Å². The fraction of sp³-hybridized carbons (Fsp3) is 0.462. The highest BCUT2D eigenvalue weighted by Gasteiger charge is 2.15. The van der Waals surface area contributed by atoms with Crippen LogP contribution in [0.25, 0.3) is 0 Å². The fourth-order valence-corrected chi connectivity index (χ4v) is 1.52. The van der Waals surface area contributed by atoms with Crippen LogP contribution >= 0.6 is 0 Å². The summed E-state index contributed by atoms with van der Waals surface area (Å²) in [6, 6.07) is 6.01. The Labute approximate surface area is 91.7 Å². The molecule has 0 fully saturated rings. The maximum Gasteiger partial charge on any atom is 0.251 e. The smallest absolute Gasteiger partial charge is 0.251 e. The Bertz CT molecular complexity index is 375. The zero-order valence-electron chi connectivity index (χ0n) is 10.1. The van der Waals surface area contributed by atoms with Gasteiger partial charge < -0.3 is 5.32 Å². The van der Waals surface area contributed by atoms with E-state index in [1.54, 1.807) is 7.05 Å². The summed E-state index contributed by atoms with van der Waals surface area (Å²) in [5, 5.41) is 2.64. The second kappa shape index (κ2) is 4.05. The topological polar surface area (TPSA) is 29.1 Å². The van der Waals surface area contributed by atoms with Crippen LogP contribution in [-0.4, -0.2) is 13.0 Å². The van der Waals surface area contributed by atoms with Crippen molar-refractivity contribution in [1.82, 2.24) is 5.32 Å². The standard InChI is InChI=1S/C13H19NO/c1-9-8-10(13(2,3)4)6-7-11(9)12(15)14-5/h6-8H,1-5H3,(H,14,15). The molecule has 1 rings (SSSR count). The summed E-state index contributed by atoms with van der Waals surface area (Å²) in [4.78, 5) is 11.5. The van der Waals surface area contributed by atoms with E-state index in [0.717, 1.165) is 11.1 Å². The lowest BCUT2D eigenvalue weighted by molar-refractivity contribution is 0.0962. The average Bonchev–Trinajstić information content (AvgIpc) is 2.15. The molecule has 82 valence electrons. The molecule has 2 heteroatoms. The molecule has 1 aromatic rings. The third-order valence-electron chi connectivity index (χ3n) is 2.56. The summed E-state index contributed by atoms with van der Waals surface area (Å²) in [5.74, 6) is -0.0204. The van der Waals surface area contributed by atoms with Crippen molar-refractivity contribution in [1.29, 1.82) is 0 Å². The molecule has 0 aliphatic carbocycles. The van der Waals surface area contributed by atoms with Gasteiger partial charge in [0.2, 0.25) is 0 Å². The minimum atomic E-state index is -0.0204. The van der Waals surface area contributed by atoms with Crippen LogP contribution < -0.4 is 5.32 Å². The molecule has 0 unspecified atom stereocenters. The lowest BCUT2D eigenvalue weighted by Gasteiger charge is -2.20. The maximum atomic E-state index is 11.5. The Morgan fingerprint density at radius 3 is 2.27 bits per heavy atom. The molecule has 0 radical (unpaired) electrons. The molecule has 0 aliphatic rings. The summed E-state index contributed by atoms with van der Waals surface area (Å²) in [6.07, 6.45) is 0. The van der Waals surface area contributed by atoms with Gasteiger partial charge in [0, 0.05) is 12.6 Å². The Morgan fingerprint density at radius 2 is 1.87 bits per heavy atom. The summed E-state index contributed by atoms with van der Waals surface area (Å²) < 4.78 is 0. The Kier molecular flexibility index (Phi) is 3.18. The van der Waals surface area contributed by atoms with Crippen molar-refractivity contribution in [3.63, 3.8) is 0 Å². The van der Waals surface area contributed by atoms with E-state index in [1.807, 2.05) is 19.1 Å². The average molecular weight is 205 g/mol.